The predicted octanol–water partition coefficient (Wildman–Crippen LogP) is 4.06. The highest BCUT2D eigenvalue weighted by molar-refractivity contribution is 4.74. The number of rotatable bonds is 9. The third-order valence-electron chi connectivity index (χ3n) is 4.60. The van der Waals surface area contributed by atoms with Crippen molar-refractivity contribution in [1.29, 1.82) is 0 Å². The SMILES string of the molecule is CCCNCCCC(C)N1CCCC(CCC)CC1. The van der Waals surface area contributed by atoms with E-state index in [9.17, 15) is 0 Å². The highest BCUT2D eigenvalue weighted by Gasteiger charge is 2.19. The van der Waals surface area contributed by atoms with Gasteiger partial charge in [0.1, 0.15) is 0 Å². The molecule has 1 heterocycles. The molecule has 0 spiro atoms. The lowest BCUT2D eigenvalue weighted by molar-refractivity contribution is 0.201. The second-order valence-electron chi connectivity index (χ2n) is 6.36. The van der Waals surface area contributed by atoms with E-state index in [4.69, 9.17) is 0 Å². The Morgan fingerprint density at radius 2 is 1.95 bits per heavy atom. The van der Waals surface area contributed by atoms with Crippen molar-refractivity contribution in [3.8, 4) is 0 Å². The predicted molar refractivity (Wildman–Crippen MR) is 85.7 cm³/mol. The van der Waals surface area contributed by atoms with Gasteiger partial charge in [0, 0.05) is 6.04 Å². The summed E-state index contributed by atoms with van der Waals surface area (Å²) in [4.78, 5) is 2.75. The van der Waals surface area contributed by atoms with Crippen molar-refractivity contribution in [3.05, 3.63) is 0 Å². The third-order valence-corrected chi connectivity index (χ3v) is 4.60. The first-order chi connectivity index (χ1) is 9.27. The second-order valence-corrected chi connectivity index (χ2v) is 6.36. The molecular formula is C17H36N2. The Balaban J connectivity index is 2.15. The molecular weight excluding hydrogens is 232 g/mol. The lowest BCUT2D eigenvalue weighted by atomic mass is 9.96. The van der Waals surface area contributed by atoms with Gasteiger partial charge >= 0.3 is 0 Å². The van der Waals surface area contributed by atoms with Crippen LogP contribution in [0.25, 0.3) is 0 Å². The molecule has 1 saturated heterocycles. The van der Waals surface area contributed by atoms with E-state index in [-0.39, 0.29) is 0 Å². The summed E-state index contributed by atoms with van der Waals surface area (Å²) in [7, 11) is 0. The van der Waals surface area contributed by atoms with Crippen LogP contribution in [0.1, 0.15) is 72.1 Å². The maximum Gasteiger partial charge on any atom is 0.00674 e. The zero-order chi connectivity index (χ0) is 13.9. The summed E-state index contributed by atoms with van der Waals surface area (Å²) >= 11 is 0. The monoisotopic (exact) mass is 268 g/mol. The van der Waals surface area contributed by atoms with Crippen molar-refractivity contribution in [2.75, 3.05) is 26.2 Å². The van der Waals surface area contributed by atoms with Crippen LogP contribution in [0.5, 0.6) is 0 Å². The fraction of sp³-hybridized carbons (Fsp3) is 1.00. The molecule has 0 aromatic rings. The Bertz CT molecular complexity index is 205. The Hall–Kier alpha value is -0.0800. The van der Waals surface area contributed by atoms with E-state index in [0.29, 0.717) is 0 Å². The molecule has 1 rings (SSSR count). The molecule has 0 bridgehead atoms. The first kappa shape index (κ1) is 17.0. The Morgan fingerprint density at radius 1 is 1.11 bits per heavy atom. The molecule has 2 heteroatoms. The van der Waals surface area contributed by atoms with Crippen molar-refractivity contribution < 1.29 is 0 Å². The number of hydrogen-bond donors (Lipinski definition) is 1. The summed E-state index contributed by atoms with van der Waals surface area (Å²) in [6.07, 6.45) is 11.1. The van der Waals surface area contributed by atoms with Crippen LogP contribution in [0, 0.1) is 5.92 Å². The lowest BCUT2D eigenvalue weighted by Crippen LogP contribution is -2.34. The molecule has 19 heavy (non-hydrogen) atoms. The summed E-state index contributed by atoms with van der Waals surface area (Å²) < 4.78 is 0. The average Bonchev–Trinajstić information content (AvgIpc) is 2.64. The third kappa shape index (κ3) is 7.31. The molecule has 2 atom stereocenters. The summed E-state index contributed by atoms with van der Waals surface area (Å²) in [5, 5.41) is 3.51. The molecule has 0 aliphatic carbocycles. The van der Waals surface area contributed by atoms with Crippen LogP contribution in [0.2, 0.25) is 0 Å². The average molecular weight is 268 g/mol. The number of nitrogens with zero attached hydrogens (tertiary/aromatic N) is 1. The van der Waals surface area contributed by atoms with Gasteiger partial charge in [-0.15, -0.1) is 0 Å². The lowest BCUT2D eigenvalue weighted by Gasteiger charge is -2.27. The maximum absolute atomic E-state index is 3.51. The largest absolute Gasteiger partial charge is 0.317 e. The summed E-state index contributed by atoms with van der Waals surface area (Å²) in [5.74, 6) is 1.01. The number of hydrogen-bond acceptors (Lipinski definition) is 2. The zero-order valence-electron chi connectivity index (χ0n) is 13.6. The zero-order valence-corrected chi connectivity index (χ0v) is 13.6. The molecule has 1 fully saturated rings. The molecule has 1 N–H and O–H groups in total. The summed E-state index contributed by atoms with van der Waals surface area (Å²) in [5.41, 5.74) is 0. The van der Waals surface area contributed by atoms with Gasteiger partial charge in [-0.3, -0.25) is 0 Å². The van der Waals surface area contributed by atoms with Gasteiger partial charge in [-0.05, 0) is 77.5 Å². The van der Waals surface area contributed by atoms with Gasteiger partial charge < -0.3 is 10.2 Å². The Kier molecular flexibility index (Phi) is 9.54. The molecule has 0 radical (unpaired) electrons. The topological polar surface area (TPSA) is 15.3 Å². The van der Waals surface area contributed by atoms with Gasteiger partial charge in [0.2, 0.25) is 0 Å². The van der Waals surface area contributed by atoms with Crippen molar-refractivity contribution in [2.45, 2.75) is 78.2 Å². The van der Waals surface area contributed by atoms with Crippen molar-refractivity contribution in [1.82, 2.24) is 10.2 Å². The van der Waals surface area contributed by atoms with Gasteiger partial charge in [0.05, 0.1) is 0 Å². The van der Waals surface area contributed by atoms with Gasteiger partial charge in [0.15, 0.2) is 0 Å². The van der Waals surface area contributed by atoms with E-state index >= 15 is 0 Å². The van der Waals surface area contributed by atoms with Crippen molar-refractivity contribution in [2.24, 2.45) is 5.92 Å². The van der Waals surface area contributed by atoms with Crippen LogP contribution in [0.15, 0.2) is 0 Å². The maximum atomic E-state index is 3.51. The van der Waals surface area contributed by atoms with E-state index in [1.807, 2.05) is 0 Å². The molecule has 2 unspecified atom stereocenters. The molecule has 0 saturated carbocycles. The standard InChI is InChI=1S/C17H36N2/c1-4-8-17-10-7-14-19(15-11-17)16(3)9-6-13-18-12-5-2/h16-18H,4-15H2,1-3H3. The van der Waals surface area contributed by atoms with Crippen LogP contribution in [0.4, 0.5) is 0 Å². The number of nitrogens with one attached hydrogen (secondary N) is 1. The summed E-state index contributed by atoms with van der Waals surface area (Å²) in [6, 6.07) is 0.781. The van der Waals surface area contributed by atoms with Gasteiger partial charge in [0.25, 0.3) is 0 Å². The molecule has 0 aromatic carbocycles. The first-order valence-corrected chi connectivity index (χ1v) is 8.72. The smallest absolute Gasteiger partial charge is 0.00674 e. The van der Waals surface area contributed by atoms with E-state index in [1.165, 1.54) is 77.5 Å². The van der Waals surface area contributed by atoms with E-state index in [0.717, 1.165) is 12.0 Å². The fourth-order valence-electron chi connectivity index (χ4n) is 3.33. The minimum absolute atomic E-state index is 0.781. The highest BCUT2D eigenvalue weighted by atomic mass is 15.1. The van der Waals surface area contributed by atoms with Crippen LogP contribution in [0.3, 0.4) is 0 Å². The highest BCUT2D eigenvalue weighted by Crippen LogP contribution is 2.23. The molecule has 114 valence electrons. The van der Waals surface area contributed by atoms with Crippen LogP contribution < -0.4 is 5.32 Å². The second kappa shape index (κ2) is 10.7. The number of likely N-dealkylation sites (tertiary alicyclic amines) is 1. The summed E-state index contributed by atoms with van der Waals surface area (Å²) in [6.45, 7) is 12.0. The van der Waals surface area contributed by atoms with E-state index in [1.54, 1.807) is 0 Å². The van der Waals surface area contributed by atoms with Gasteiger partial charge in [-0.2, -0.15) is 0 Å². The van der Waals surface area contributed by atoms with Gasteiger partial charge in [-0.25, -0.2) is 0 Å². The van der Waals surface area contributed by atoms with Gasteiger partial charge in [-0.1, -0.05) is 26.7 Å². The Morgan fingerprint density at radius 3 is 2.68 bits per heavy atom. The molecule has 1 aliphatic rings. The van der Waals surface area contributed by atoms with Crippen molar-refractivity contribution >= 4 is 0 Å². The minimum atomic E-state index is 0.781. The molecule has 2 nitrogen and oxygen atoms in total. The molecule has 1 aliphatic heterocycles. The van der Waals surface area contributed by atoms with Crippen molar-refractivity contribution in [3.63, 3.8) is 0 Å². The van der Waals surface area contributed by atoms with Crippen LogP contribution in [-0.2, 0) is 0 Å². The quantitative estimate of drug-likeness (QED) is 0.635. The van der Waals surface area contributed by atoms with Crippen LogP contribution >= 0.6 is 0 Å². The van der Waals surface area contributed by atoms with E-state index in [2.05, 4.69) is 31.0 Å². The first-order valence-electron chi connectivity index (χ1n) is 8.72. The van der Waals surface area contributed by atoms with Crippen LogP contribution in [-0.4, -0.2) is 37.1 Å². The molecule has 0 amide bonds. The minimum Gasteiger partial charge on any atom is -0.317 e. The normalized spacial score (nSPS) is 23.2. The van der Waals surface area contributed by atoms with E-state index < -0.39 is 0 Å². The Labute approximate surface area is 121 Å². The molecule has 0 aromatic heterocycles. The fourth-order valence-corrected chi connectivity index (χ4v) is 3.33.